The number of nitrogens with zero attached hydrogens (tertiary/aromatic N) is 7. The first kappa shape index (κ1) is 23.8. The van der Waals surface area contributed by atoms with Gasteiger partial charge in [-0.2, -0.15) is 10.1 Å². The molecule has 0 unspecified atom stereocenters. The number of nitro groups is 1. The predicted molar refractivity (Wildman–Crippen MR) is 134 cm³/mol. The highest BCUT2D eigenvalue weighted by Gasteiger charge is 2.25. The Kier molecular flexibility index (Phi) is 6.68. The number of hydrogen-bond acceptors (Lipinski definition) is 11. The number of aldehydes is 1. The van der Waals surface area contributed by atoms with Gasteiger partial charge in [0.05, 0.1) is 36.5 Å². The van der Waals surface area contributed by atoms with Crippen LogP contribution >= 0.6 is 0 Å². The highest BCUT2D eigenvalue weighted by atomic mass is 16.6. The van der Waals surface area contributed by atoms with Crippen LogP contribution < -0.4 is 15.0 Å². The lowest BCUT2D eigenvalue weighted by Gasteiger charge is -2.29. The molecule has 188 valence electrons. The fraction of sp³-hybridized carbons (Fsp3) is 0.208. The third kappa shape index (κ3) is 4.92. The quantitative estimate of drug-likeness (QED) is 0.215. The summed E-state index contributed by atoms with van der Waals surface area (Å²) in [6.07, 6.45) is 7.04. The fourth-order valence-corrected chi connectivity index (χ4v) is 4.01. The van der Waals surface area contributed by atoms with Crippen molar-refractivity contribution in [3.63, 3.8) is 0 Å². The summed E-state index contributed by atoms with van der Waals surface area (Å²) >= 11 is 0. The molecule has 1 fully saturated rings. The first-order chi connectivity index (χ1) is 18.1. The Morgan fingerprint density at radius 1 is 1.16 bits per heavy atom. The molecule has 1 aromatic carbocycles. The van der Waals surface area contributed by atoms with E-state index in [1.165, 1.54) is 24.1 Å². The van der Waals surface area contributed by atoms with Crippen LogP contribution in [0.5, 0.6) is 5.75 Å². The molecular formula is C24H22N8O5. The van der Waals surface area contributed by atoms with Crippen molar-refractivity contribution in [2.24, 2.45) is 0 Å². The lowest BCUT2D eigenvalue weighted by atomic mass is 10.1. The molecule has 1 aliphatic rings. The second-order valence-corrected chi connectivity index (χ2v) is 7.99. The summed E-state index contributed by atoms with van der Waals surface area (Å²) in [4.78, 5) is 37.7. The summed E-state index contributed by atoms with van der Waals surface area (Å²) < 4.78 is 12.4. The number of nitrogens with one attached hydrogen (secondary N) is 1. The van der Waals surface area contributed by atoms with E-state index in [1.807, 2.05) is 4.90 Å². The van der Waals surface area contributed by atoms with Crippen molar-refractivity contribution in [1.29, 1.82) is 0 Å². The summed E-state index contributed by atoms with van der Waals surface area (Å²) in [7, 11) is 1.48. The Bertz CT molecular complexity index is 1440. The Balaban J connectivity index is 1.48. The van der Waals surface area contributed by atoms with Gasteiger partial charge in [-0.1, -0.05) is 0 Å². The van der Waals surface area contributed by atoms with Crippen molar-refractivity contribution >= 4 is 29.3 Å². The minimum Gasteiger partial charge on any atom is -0.494 e. The Morgan fingerprint density at radius 3 is 2.65 bits per heavy atom. The molecule has 4 heterocycles. The molecule has 0 spiro atoms. The number of benzene rings is 1. The number of rotatable bonds is 8. The Morgan fingerprint density at radius 2 is 1.95 bits per heavy atom. The molecule has 0 aliphatic carbocycles. The molecule has 13 nitrogen and oxygen atoms in total. The molecule has 1 aliphatic heterocycles. The van der Waals surface area contributed by atoms with Gasteiger partial charge in [0, 0.05) is 61.6 Å². The van der Waals surface area contributed by atoms with Crippen LogP contribution in [0.2, 0.25) is 0 Å². The van der Waals surface area contributed by atoms with Gasteiger partial charge in [0.2, 0.25) is 5.95 Å². The molecule has 5 rings (SSSR count). The number of hydrogen-bond donors (Lipinski definition) is 1. The number of aromatic nitrogens is 5. The molecule has 1 saturated heterocycles. The van der Waals surface area contributed by atoms with Crippen LogP contribution in [0.25, 0.3) is 17.1 Å². The first-order valence-corrected chi connectivity index (χ1v) is 11.3. The van der Waals surface area contributed by atoms with E-state index in [9.17, 15) is 14.9 Å². The van der Waals surface area contributed by atoms with Gasteiger partial charge in [-0.15, -0.1) is 0 Å². The van der Waals surface area contributed by atoms with E-state index in [2.05, 4.69) is 25.4 Å². The van der Waals surface area contributed by atoms with Crippen LogP contribution in [0.4, 0.5) is 23.0 Å². The molecular weight excluding hydrogens is 480 g/mol. The smallest absolute Gasteiger partial charge is 0.294 e. The van der Waals surface area contributed by atoms with E-state index in [0.717, 1.165) is 11.8 Å². The van der Waals surface area contributed by atoms with Crippen molar-refractivity contribution < 1.29 is 19.2 Å². The van der Waals surface area contributed by atoms with Gasteiger partial charge in [0.15, 0.2) is 12.1 Å². The maximum absolute atomic E-state index is 11.9. The van der Waals surface area contributed by atoms with Gasteiger partial charge in [-0.3, -0.25) is 19.9 Å². The highest BCUT2D eigenvalue weighted by Crippen LogP contribution is 2.39. The number of carbonyl (C=O) groups excluding carboxylic acids is 1. The molecule has 0 atom stereocenters. The van der Waals surface area contributed by atoms with Gasteiger partial charge in [-0.25, -0.2) is 9.67 Å². The molecule has 4 aromatic rings. The van der Waals surface area contributed by atoms with Gasteiger partial charge in [0.25, 0.3) is 5.69 Å². The number of pyridine rings is 1. The third-order valence-electron chi connectivity index (χ3n) is 5.79. The monoisotopic (exact) mass is 502 g/mol. The second-order valence-electron chi connectivity index (χ2n) is 7.99. The minimum atomic E-state index is -0.433. The first-order valence-electron chi connectivity index (χ1n) is 11.3. The second kappa shape index (κ2) is 10.4. The summed E-state index contributed by atoms with van der Waals surface area (Å²) in [5.74, 6) is 0.945. The third-order valence-corrected chi connectivity index (χ3v) is 5.79. The Hall–Kier alpha value is -4.91. The number of carbonyl (C=O) groups is 1. The molecule has 0 bridgehead atoms. The van der Waals surface area contributed by atoms with E-state index in [-0.39, 0.29) is 11.6 Å². The molecule has 0 radical (unpaired) electrons. The maximum Gasteiger partial charge on any atom is 0.294 e. The summed E-state index contributed by atoms with van der Waals surface area (Å²) in [5.41, 5.74) is 2.31. The van der Waals surface area contributed by atoms with Crippen molar-refractivity contribution in [1.82, 2.24) is 24.7 Å². The molecule has 0 saturated carbocycles. The van der Waals surface area contributed by atoms with Crippen molar-refractivity contribution in [3.05, 3.63) is 70.8 Å². The van der Waals surface area contributed by atoms with E-state index in [1.54, 1.807) is 42.9 Å². The van der Waals surface area contributed by atoms with Crippen molar-refractivity contribution in [2.75, 3.05) is 43.6 Å². The SMILES string of the molecule is COc1cc(N2CCOCC2)c([N+](=O)[O-])cc1Nc1nccc(-n2cc(C=O)c(-c3ccncc3)n2)n1. The van der Waals surface area contributed by atoms with E-state index >= 15 is 0 Å². The number of morpholine rings is 1. The zero-order valence-electron chi connectivity index (χ0n) is 19.8. The summed E-state index contributed by atoms with van der Waals surface area (Å²) in [5, 5.41) is 19.4. The van der Waals surface area contributed by atoms with Crippen LogP contribution in [-0.2, 0) is 4.74 Å². The fourth-order valence-electron chi connectivity index (χ4n) is 4.01. The van der Waals surface area contributed by atoms with Gasteiger partial charge in [-0.05, 0) is 12.1 Å². The van der Waals surface area contributed by atoms with Crippen LogP contribution in [-0.4, -0.2) is 69.4 Å². The zero-order chi connectivity index (χ0) is 25.8. The average Bonchev–Trinajstić information content (AvgIpc) is 3.39. The van der Waals surface area contributed by atoms with Crippen molar-refractivity contribution in [3.8, 4) is 22.8 Å². The maximum atomic E-state index is 11.9. The largest absolute Gasteiger partial charge is 0.494 e. The Labute approximate surface area is 210 Å². The van der Waals surface area contributed by atoms with Crippen LogP contribution in [0.1, 0.15) is 10.4 Å². The van der Waals surface area contributed by atoms with Crippen LogP contribution in [0.15, 0.2) is 55.1 Å². The van der Waals surface area contributed by atoms with E-state index in [4.69, 9.17) is 9.47 Å². The highest BCUT2D eigenvalue weighted by molar-refractivity contribution is 5.85. The molecule has 13 heteroatoms. The normalized spacial score (nSPS) is 13.3. The molecule has 1 N–H and O–H groups in total. The van der Waals surface area contributed by atoms with E-state index < -0.39 is 4.92 Å². The van der Waals surface area contributed by atoms with E-state index in [0.29, 0.717) is 60.5 Å². The summed E-state index contributed by atoms with van der Waals surface area (Å²) in [6, 6.07) is 8.17. The number of anilines is 3. The van der Waals surface area contributed by atoms with Crippen LogP contribution in [0.3, 0.4) is 0 Å². The van der Waals surface area contributed by atoms with Gasteiger partial charge >= 0.3 is 0 Å². The van der Waals surface area contributed by atoms with Crippen LogP contribution in [0, 0.1) is 10.1 Å². The number of nitro benzene ring substituents is 1. The zero-order valence-corrected chi connectivity index (χ0v) is 19.8. The molecule has 3 aromatic heterocycles. The number of methoxy groups -OCH3 is 1. The molecule has 37 heavy (non-hydrogen) atoms. The van der Waals surface area contributed by atoms with Crippen molar-refractivity contribution in [2.45, 2.75) is 0 Å². The lowest BCUT2D eigenvalue weighted by molar-refractivity contribution is -0.384. The standard InChI is InChI=1S/C24H22N8O5/c1-36-21-13-19(30-8-10-37-11-9-30)20(32(34)35)12-18(21)27-24-26-7-4-22(28-24)31-14-17(15-33)23(29-31)16-2-5-25-6-3-16/h2-7,12-15H,8-11H2,1H3,(H,26,27,28). The average molecular weight is 502 g/mol. The molecule has 0 amide bonds. The predicted octanol–water partition coefficient (Wildman–Crippen LogP) is 3.03. The number of ether oxygens (including phenoxy) is 2. The van der Waals surface area contributed by atoms with Gasteiger partial charge < -0.3 is 19.7 Å². The lowest BCUT2D eigenvalue weighted by Crippen LogP contribution is -2.36. The summed E-state index contributed by atoms with van der Waals surface area (Å²) in [6.45, 7) is 2.05. The topological polar surface area (TPSA) is 150 Å². The van der Waals surface area contributed by atoms with Gasteiger partial charge in [0.1, 0.15) is 17.1 Å². The minimum absolute atomic E-state index is 0.0777.